The zero-order valence-corrected chi connectivity index (χ0v) is 21.5. The Morgan fingerprint density at radius 1 is 1.06 bits per heavy atom. The minimum Gasteiger partial charge on any atom is -0.388 e. The Morgan fingerprint density at radius 3 is 2.42 bits per heavy atom. The van der Waals surface area contributed by atoms with Crippen LogP contribution in [0.15, 0.2) is 0 Å². The van der Waals surface area contributed by atoms with E-state index < -0.39 is 42.4 Å². The Bertz CT molecular complexity index is 893. The normalized spacial score (nSPS) is 36.6. The van der Waals surface area contributed by atoms with E-state index >= 15 is 0 Å². The minimum absolute atomic E-state index is 0.0560. The number of amides is 4. The van der Waals surface area contributed by atoms with Gasteiger partial charge in [-0.05, 0) is 11.8 Å². The highest BCUT2D eigenvalue weighted by molar-refractivity contribution is 5.89. The van der Waals surface area contributed by atoms with Gasteiger partial charge in [-0.25, -0.2) is 0 Å². The zero-order valence-electron chi connectivity index (χ0n) is 21.5. The van der Waals surface area contributed by atoms with Gasteiger partial charge in [0.05, 0.1) is 25.1 Å². The van der Waals surface area contributed by atoms with Crippen LogP contribution >= 0.6 is 0 Å². The average molecular weight is 510 g/mol. The van der Waals surface area contributed by atoms with Gasteiger partial charge >= 0.3 is 0 Å². The van der Waals surface area contributed by atoms with E-state index in [0.29, 0.717) is 26.1 Å². The summed E-state index contributed by atoms with van der Waals surface area (Å²) >= 11 is 0. The molecule has 4 aliphatic heterocycles. The number of carbonyl (C=O) groups excluding carboxylic acids is 4. The third-order valence-corrected chi connectivity index (χ3v) is 7.46. The van der Waals surface area contributed by atoms with Crippen LogP contribution in [0.1, 0.15) is 40.5 Å². The van der Waals surface area contributed by atoms with Crippen LogP contribution in [0.2, 0.25) is 0 Å². The molecule has 6 bridgehead atoms. The zero-order chi connectivity index (χ0) is 26.4. The molecule has 4 rings (SSSR count). The first kappa shape index (κ1) is 26.8. The Kier molecular flexibility index (Phi) is 7.61. The average Bonchev–Trinajstić information content (AvgIpc) is 3.29. The number of carbonyl (C=O) groups is 4. The van der Waals surface area contributed by atoms with E-state index in [1.54, 1.807) is 4.90 Å². The van der Waals surface area contributed by atoms with Gasteiger partial charge in [-0.1, -0.05) is 20.8 Å². The van der Waals surface area contributed by atoms with Crippen molar-refractivity contribution in [3.63, 3.8) is 0 Å². The first-order valence-corrected chi connectivity index (χ1v) is 12.7. The molecule has 202 valence electrons. The number of ether oxygens (including phenoxy) is 1. The highest BCUT2D eigenvalue weighted by atomic mass is 16.5. The van der Waals surface area contributed by atoms with Gasteiger partial charge in [0.15, 0.2) is 0 Å². The van der Waals surface area contributed by atoms with Gasteiger partial charge in [0.1, 0.15) is 24.4 Å². The molecular weight excluding hydrogens is 470 g/mol. The molecule has 0 aromatic heterocycles. The molecule has 4 aliphatic rings. The van der Waals surface area contributed by atoms with Gasteiger partial charge in [-0.2, -0.15) is 0 Å². The van der Waals surface area contributed by atoms with Crippen molar-refractivity contribution in [1.29, 1.82) is 0 Å². The molecule has 12 heteroatoms. The summed E-state index contributed by atoms with van der Waals surface area (Å²) in [4.78, 5) is 57.1. The standard InChI is InChI=1S/C24H39N5O7/c1-13(30)29-6-5-27-11-16(29)22(34)25-9-18-21(33)20(32)17(36-18)8-19(31)26-14-7-15(23(27)35)28(10-14)12-24(2,3)4/h14-18,20-21,32-33H,5-12H2,1-4H3,(H,25,34)(H,26,31)/t14-,15-,16-,17-,18+,20-,21+/m0/s1. The number of likely N-dealkylation sites (tertiary alicyclic amines) is 1. The fourth-order valence-corrected chi connectivity index (χ4v) is 5.80. The maximum absolute atomic E-state index is 13.7. The third-order valence-electron chi connectivity index (χ3n) is 7.46. The minimum atomic E-state index is -1.28. The van der Waals surface area contributed by atoms with Crippen LogP contribution in [0.25, 0.3) is 0 Å². The van der Waals surface area contributed by atoms with E-state index in [1.165, 1.54) is 11.8 Å². The molecule has 0 saturated carbocycles. The Morgan fingerprint density at radius 2 is 1.75 bits per heavy atom. The van der Waals surface area contributed by atoms with Crippen LogP contribution in [-0.2, 0) is 23.9 Å². The molecule has 7 atom stereocenters. The predicted molar refractivity (Wildman–Crippen MR) is 127 cm³/mol. The summed E-state index contributed by atoms with van der Waals surface area (Å²) in [5, 5.41) is 26.6. The van der Waals surface area contributed by atoms with Gasteiger partial charge in [-0.3, -0.25) is 24.1 Å². The van der Waals surface area contributed by atoms with Crippen molar-refractivity contribution in [2.75, 3.05) is 39.3 Å². The van der Waals surface area contributed by atoms with Gasteiger partial charge in [-0.15, -0.1) is 0 Å². The van der Waals surface area contributed by atoms with Gasteiger partial charge in [0.2, 0.25) is 23.6 Å². The fraction of sp³-hybridized carbons (Fsp3) is 0.833. The number of nitrogens with zero attached hydrogens (tertiary/aromatic N) is 3. The number of piperazine rings is 1. The number of aliphatic hydroxyl groups excluding tert-OH is 2. The van der Waals surface area contributed by atoms with Crippen LogP contribution in [0.4, 0.5) is 0 Å². The fourth-order valence-electron chi connectivity index (χ4n) is 5.80. The van der Waals surface area contributed by atoms with Crippen molar-refractivity contribution in [3.05, 3.63) is 0 Å². The second-order valence-electron chi connectivity index (χ2n) is 11.7. The lowest BCUT2D eigenvalue weighted by molar-refractivity contribution is -0.149. The highest BCUT2D eigenvalue weighted by Gasteiger charge is 2.47. The predicted octanol–water partition coefficient (Wildman–Crippen LogP) is -2.34. The molecule has 0 unspecified atom stereocenters. The first-order chi connectivity index (χ1) is 16.8. The van der Waals surface area contributed by atoms with Crippen LogP contribution in [0.5, 0.6) is 0 Å². The van der Waals surface area contributed by atoms with E-state index in [0.717, 1.165) is 0 Å². The summed E-state index contributed by atoms with van der Waals surface area (Å²) in [7, 11) is 0. The Balaban J connectivity index is 1.62. The van der Waals surface area contributed by atoms with Crippen LogP contribution in [0, 0.1) is 5.41 Å². The first-order valence-electron chi connectivity index (χ1n) is 12.7. The summed E-state index contributed by atoms with van der Waals surface area (Å²) in [6.07, 6.45) is -4.10. The number of hydrogen-bond donors (Lipinski definition) is 4. The van der Waals surface area contributed by atoms with Gasteiger partial charge in [0, 0.05) is 45.7 Å². The molecule has 4 N–H and O–H groups in total. The molecule has 0 aromatic carbocycles. The molecule has 4 heterocycles. The number of nitrogens with one attached hydrogen (secondary N) is 2. The molecule has 0 aliphatic carbocycles. The van der Waals surface area contributed by atoms with Crippen molar-refractivity contribution in [3.8, 4) is 0 Å². The summed E-state index contributed by atoms with van der Waals surface area (Å²) < 4.78 is 5.74. The molecule has 4 saturated heterocycles. The lowest BCUT2D eigenvalue weighted by atomic mass is 9.95. The lowest BCUT2D eigenvalue weighted by Gasteiger charge is -2.42. The molecular formula is C24H39N5O7. The summed E-state index contributed by atoms with van der Waals surface area (Å²) in [5.74, 6) is -1.16. The monoisotopic (exact) mass is 509 g/mol. The topological polar surface area (TPSA) is 152 Å². The van der Waals surface area contributed by atoms with Crippen molar-refractivity contribution in [2.45, 2.75) is 83.1 Å². The maximum atomic E-state index is 13.7. The Labute approximate surface area is 211 Å². The van der Waals surface area contributed by atoms with E-state index in [4.69, 9.17) is 4.74 Å². The van der Waals surface area contributed by atoms with Gasteiger partial charge < -0.3 is 35.4 Å². The van der Waals surface area contributed by atoms with Crippen LogP contribution < -0.4 is 10.6 Å². The number of fused-ring (bicyclic) bond motifs is 6. The molecule has 4 amide bonds. The molecule has 0 aromatic rings. The second kappa shape index (κ2) is 10.2. The van der Waals surface area contributed by atoms with Crippen molar-refractivity contribution in [2.24, 2.45) is 5.41 Å². The smallest absolute Gasteiger partial charge is 0.244 e. The van der Waals surface area contributed by atoms with Gasteiger partial charge in [0.25, 0.3) is 0 Å². The summed E-state index contributed by atoms with van der Waals surface area (Å²) in [6.45, 7) is 9.29. The largest absolute Gasteiger partial charge is 0.388 e. The summed E-state index contributed by atoms with van der Waals surface area (Å²) in [6, 6.07) is -1.60. The van der Waals surface area contributed by atoms with Crippen molar-refractivity contribution >= 4 is 23.6 Å². The molecule has 36 heavy (non-hydrogen) atoms. The number of hydrogen-bond acceptors (Lipinski definition) is 8. The van der Waals surface area contributed by atoms with E-state index in [1.807, 2.05) is 0 Å². The number of rotatable bonds is 1. The van der Waals surface area contributed by atoms with Crippen molar-refractivity contribution < 1.29 is 34.1 Å². The summed E-state index contributed by atoms with van der Waals surface area (Å²) in [5.41, 5.74) is -0.0844. The van der Waals surface area contributed by atoms with E-state index in [-0.39, 0.29) is 55.2 Å². The molecule has 12 nitrogen and oxygen atoms in total. The Hall–Kier alpha value is -2.28. The maximum Gasteiger partial charge on any atom is 0.244 e. The van der Waals surface area contributed by atoms with Crippen molar-refractivity contribution in [1.82, 2.24) is 25.3 Å². The number of aliphatic hydroxyl groups is 2. The van der Waals surface area contributed by atoms with Crippen LogP contribution in [0.3, 0.4) is 0 Å². The third kappa shape index (κ3) is 5.66. The second-order valence-corrected chi connectivity index (χ2v) is 11.7. The van der Waals surface area contributed by atoms with Crippen LogP contribution in [-0.4, -0.2) is 130 Å². The van der Waals surface area contributed by atoms with E-state index in [9.17, 15) is 29.4 Å². The highest BCUT2D eigenvalue weighted by Crippen LogP contribution is 2.28. The molecule has 0 spiro atoms. The quantitative estimate of drug-likeness (QED) is 0.307. The SMILES string of the molecule is CC(=O)N1CCN2C[C@H]1C(=O)NC[C@H]1O[C@@H](CC(=O)N[C@H]3C[C@@H](C2=O)N(CC(C)(C)C)C3)[C@H](O)[C@@H]1O. The molecule has 0 radical (unpaired) electrons. The molecule has 4 fully saturated rings. The van der Waals surface area contributed by atoms with E-state index in [2.05, 4.69) is 36.3 Å². The lowest BCUT2D eigenvalue weighted by Crippen LogP contribution is -2.63.